The molecule has 2 aliphatic rings. The Morgan fingerprint density at radius 1 is 0.959 bits per heavy atom. The molecule has 256 valence electrons. The molecule has 0 saturated carbocycles. The third kappa shape index (κ3) is 8.45. The minimum absolute atomic E-state index is 0.0854. The maximum Gasteiger partial charge on any atom is 0.283 e. The zero-order valence-electron chi connectivity index (χ0n) is 28.0. The van der Waals surface area contributed by atoms with Gasteiger partial charge in [-0.05, 0) is 59.0 Å². The molecular formula is C37H42N6O5S. The molecule has 3 aromatic carbocycles. The number of nitrogens with zero attached hydrogens (tertiary/aromatic N) is 3. The summed E-state index contributed by atoms with van der Waals surface area (Å²) in [7, 11) is -3.85. The summed E-state index contributed by atoms with van der Waals surface area (Å²) in [5.74, 6) is -0.725. The van der Waals surface area contributed by atoms with E-state index in [-0.39, 0.29) is 23.5 Å². The van der Waals surface area contributed by atoms with Gasteiger partial charge >= 0.3 is 0 Å². The van der Waals surface area contributed by atoms with E-state index in [0.717, 1.165) is 54.9 Å². The molecule has 3 heterocycles. The van der Waals surface area contributed by atoms with E-state index in [0.29, 0.717) is 42.3 Å². The van der Waals surface area contributed by atoms with Gasteiger partial charge in [-0.15, -0.1) is 0 Å². The molecule has 1 amide bonds. The van der Waals surface area contributed by atoms with Crippen LogP contribution in [0, 0.1) is 11.3 Å². The van der Waals surface area contributed by atoms with Gasteiger partial charge in [0.05, 0.1) is 32.2 Å². The summed E-state index contributed by atoms with van der Waals surface area (Å²) >= 11 is 0. The Morgan fingerprint density at radius 2 is 1.67 bits per heavy atom. The Hall–Kier alpha value is -4.78. The quantitative estimate of drug-likeness (QED) is 0.167. The average molecular weight is 683 g/mol. The van der Waals surface area contributed by atoms with E-state index in [9.17, 15) is 13.2 Å². The van der Waals surface area contributed by atoms with Crippen molar-refractivity contribution < 1.29 is 22.7 Å². The number of amides is 1. The number of hydrogen-bond donors (Lipinski definition) is 3. The van der Waals surface area contributed by atoms with Crippen LogP contribution in [0.25, 0.3) is 11.1 Å². The lowest BCUT2D eigenvalue weighted by Crippen LogP contribution is -2.52. The number of rotatable bonds is 12. The molecule has 0 atom stereocenters. The van der Waals surface area contributed by atoms with Crippen LogP contribution in [0.3, 0.4) is 0 Å². The summed E-state index contributed by atoms with van der Waals surface area (Å²) in [6, 6.07) is 27.5. The van der Waals surface area contributed by atoms with E-state index in [1.165, 1.54) is 0 Å². The first-order valence-electron chi connectivity index (χ1n) is 16.4. The number of ether oxygens (including phenoxy) is 2. The highest BCUT2D eigenvalue weighted by Gasteiger charge is 2.28. The number of morpholine rings is 1. The van der Waals surface area contributed by atoms with Gasteiger partial charge < -0.3 is 30.0 Å². The van der Waals surface area contributed by atoms with Gasteiger partial charge in [-0.1, -0.05) is 62.4 Å². The Kier molecular flexibility index (Phi) is 10.3. The SMILES string of the molecule is CC(C)C(=N)c1c(-c2ccc(N3CCOCC3)cc2)cc(C(=O)NS(C)(=O)=O)nc1Nc1cccc(N2CC(OCc3ccccc3)C2)c1. The number of anilines is 4. The van der Waals surface area contributed by atoms with E-state index >= 15 is 0 Å². The molecule has 1 aromatic heterocycles. The van der Waals surface area contributed by atoms with Gasteiger partial charge in [0.15, 0.2) is 0 Å². The van der Waals surface area contributed by atoms with Crippen molar-refractivity contribution >= 4 is 44.5 Å². The van der Waals surface area contributed by atoms with Crippen molar-refractivity contribution in [3.8, 4) is 11.1 Å². The average Bonchev–Trinajstić information content (AvgIpc) is 3.07. The van der Waals surface area contributed by atoms with Crippen LogP contribution >= 0.6 is 0 Å². The minimum atomic E-state index is -3.85. The summed E-state index contributed by atoms with van der Waals surface area (Å²) in [6.45, 7) is 8.85. The number of carbonyl (C=O) groups excluding carboxylic acids is 1. The third-order valence-electron chi connectivity index (χ3n) is 8.58. The van der Waals surface area contributed by atoms with Crippen LogP contribution in [0.4, 0.5) is 22.9 Å². The zero-order chi connectivity index (χ0) is 34.5. The van der Waals surface area contributed by atoms with Crippen molar-refractivity contribution in [2.24, 2.45) is 5.92 Å². The standard InChI is InChI=1S/C37H42N6O5S/c1-25(2)35(38)34-32(27-12-14-29(15-13-27)42-16-18-47-19-17-42)21-33(37(44)41-49(3,45)46)40-36(34)39-28-10-7-11-30(20-28)43-22-31(23-43)48-24-26-8-5-4-6-9-26/h4-15,20-21,25,31,38H,16-19,22-24H2,1-3H3,(H,39,40)(H,41,44). The highest BCUT2D eigenvalue weighted by atomic mass is 32.2. The second kappa shape index (κ2) is 14.8. The Balaban J connectivity index is 1.31. The predicted molar refractivity (Wildman–Crippen MR) is 194 cm³/mol. The van der Waals surface area contributed by atoms with E-state index in [1.807, 2.05) is 85.3 Å². The van der Waals surface area contributed by atoms with Crippen LogP contribution in [0.15, 0.2) is 84.9 Å². The first kappa shape index (κ1) is 34.1. The maximum absolute atomic E-state index is 13.2. The number of hydrogen-bond acceptors (Lipinski definition) is 10. The lowest BCUT2D eigenvalue weighted by molar-refractivity contribution is 0.0224. The van der Waals surface area contributed by atoms with Crippen LogP contribution in [0.5, 0.6) is 0 Å². The van der Waals surface area contributed by atoms with Crippen LogP contribution in [-0.4, -0.2) is 76.8 Å². The molecule has 0 bridgehead atoms. The first-order valence-corrected chi connectivity index (χ1v) is 18.3. The number of pyridine rings is 1. The summed E-state index contributed by atoms with van der Waals surface area (Å²) < 4.78 is 37.7. The van der Waals surface area contributed by atoms with E-state index in [4.69, 9.17) is 14.9 Å². The molecule has 2 fully saturated rings. The van der Waals surface area contributed by atoms with E-state index in [1.54, 1.807) is 6.07 Å². The third-order valence-corrected chi connectivity index (χ3v) is 9.14. The van der Waals surface area contributed by atoms with Gasteiger partial charge in [0.25, 0.3) is 5.91 Å². The molecule has 3 N–H and O–H groups in total. The van der Waals surface area contributed by atoms with Crippen molar-refractivity contribution in [2.75, 3.05) is 60.8 Å². The molecule has 6 rings (SSSR count). The van der Waals surface area contributed by atoms with E-state index in [2.05, 4.69) is 32.2 Å². The molecule has 0 radical (unpaired) electrons. The van der Waals surface area contributed by atoms with Crippen molar-refractivity contribution in [3.05, 3.63) is 102 Å². The van der Waals surface area contributed by atoms with Crippen molar-refractivity contribution in [3.63, 3.8) is 0 Å². The minimum Gasteiger partial charge on any atom is -0.378 e. The fourth-order valence-electron chi connectivity index (χ4n) is 5.89. The molecule has 2 saturated heterocycles. The highest BCUT2D eigenvalue weighted by molar-refractivity contribution is 7.89. The molecular weight excluding hydrogens is 641 g/mol. The van der Waals surface area contributed by atoms with Gasteiger partial charge in [0.2, 0.25) is 10.0 Å². The number of sulfonamides is 1. The predicted octanol–water partition coefficient (Wildman–Crippen LogP) is 5.45. The molecule has 4 aromatic rings. The summed E-state index contributed by atoms with van der Waals surface area (Å²) in [5.41, 5.74) is 6.04. The zero-order valence-corrected chi connectivity index (χ0v) is 28.8. The first-order chi connectivity index (χ1) is 23.5. The van der Waals surface area contributed by atoms with Crippen molar-refractivity contribution in [1.82, 2.24) is 9.71 Å². The van der Waals surface area contributed by atoms with Crippen molar-refractivity contribution in [1.29, 1.82) is 5.41 Å². The molecule has 0 spiro atoms. The summed E-state index contributed by atoms with van der Waals surface area (Å²) in [4.78, 5) is 22.3. The fraction of sp³-hybridized carbons (Fsp3) is 0.324. The smallest absolute Gasteiger partial charge is 0.283 e. The molecule has 49 heavy (non-hydrogen) atoms. The fourth-order valence-corrected chi connectivity index (χ4v) is 6.34. The number of carbonyl (C=O) groups is 1. The van der Waals surface area contributed by atoms with Gasteiger partial charge in [-0.2, -0.15) is 0 Å². The van der Waals surface area contributed by atoms with Crippen molar-refractivity contribution in [2.45, 2.75) is 26.6 Å². The van der Waals surface area contributed by atoms with Crippen LogP contribution < -0.4 is 19.8 Å². The van der Waals surface area contributed by atoms with Crippen LogP contribution in [0.1, 0.15) is 35.5 Å². The summed E-state index contributed by atoms with van der Waals surface area (Å²) in [6.07, 6.45) is 1.05. The molecule has 12 heteroatoms. The largest absolute Gasteiger partial charge is 0.378 e. The van der Waals surface area contributed by atoms with Crippen LogP contribution in [-0.2, 0) is 26.1 Å². The Morgan fingerprint density at radius 3 is 2.35 bits per heavy atom. The Labute approximate surface area is 287 Å². The van der Waals surface area contributed by atoms with Gasteiger partial charge in [-0.3, -0.25) is 4.79 Å². The topological polar surface area (TPSA) is 137 Å². The number of aromatic nitrogens is 1. The maximum atomic E-state index is 13.2. The molecule has 11 nitrogen and oxygen atoms in total. The number of benzene rings is 3. The lowest BCUT2D eigenvalue weighted by atomic mass is 9.91. The summed E-state index contributed by atoms with van der Waals surface area (Å²) in [5, 5.41) is 12.5. The Bertz CT molecular complexity index is 1910. The molecule has 0 aliphatic carbocycles. The van der Waals surface area contributed by atoms with Crippen LogP contribution in [0.2, 0.25) is 0 Å². The monoisotopic (exact) mass is 682 g/mol. The van der Waals surface area contributed by atoms with E-state index < -0.39 is 15.9 Å². The van der Waals surface area contributed by atoms with Gasteiger partial charge in [0, 0.05) is 54.5 Å². The normalized spacial score (nSPS) is 15.2. The number of nitrogens with one attached hydrogen (secondary N) is 3. The highest BCUT2D eigenvalue weighted by Crippen LogP contribution is 2.35. The molecule has 0 unspecified atom stereocenters. The lowest BCUT2D eigenvalue weighted by Gasteiger charge is -2.40. The van der Waals surface area contributed by atoms with Gasteiger partial charge in [-0.25, -0.2) is 18.1 Å². The second-order valence-electron chi connectivity index (χ2n) is 12.7. The van der Waals surface area contributed by atoms with Gasteiger partial charge in [0.1, 0.15) is 11.5 Å². The second-order valence-corrected chi connectivity index (χ2v) is 14.4. The molecule has 2 aliphatic heterocycles.